The second kappa shape index (κ2) is 7.90. The van der Waals surface area contributed by atoms with Crippen molar-refractivity contribution in [3.8, 4) is 0 Å². The normalized spacial score (nSPS) is 14.3. The summed E-state index contributed by atoms with van der Waals surface area (Å²) in [6.45, 7) is 4.61. The molecule has 0 aliphatic carbocycles. The molecule has 0 bridgehead atoms. The van der Waals surface area contributed by atoms with E-state index in [2.05, 4.69) is 20.2 Å². The predicted octanol–water partition coefficient (Wildman–Crippen LogP) is 2.30. The lowest BCUT2D eigenvalue weighted by molar-refractivity contribution is -0.129. The van der Waals surface area contributed by atoms with Gasteiger partial charge in [0.15, 0.2) is 0 Å². The molecule has 1 aliphatic rings. The molecule has 0 atom stereocenters. The Bertz CT molecular complexity index is 1060. The summed E-state index contributed by atoms with van der Waals surface area (Å²) in [4.78, 5) is 35.5. The largest absolute Gasteiger partial charge is 0.353 e. The molecule has 7 nitrogen and oxygen atoms in total. The van der Waals surface area contributed by atoms with Crippen LogP contribution in [0.4, 0.5) is 10.2 Å². The fraction of sp³-hybridized carbons (Fsp3) is 0.286. The van der Waals surface area contributed by atoms with Crippen LogP contribution in [-0.4, -0.2) is 52.9 Å². The third-order valence-electron chi connectivity index (χ3n) is 5.16. The lowest BCUT2D eigenvalue weighted by Crippen LogP contribution is -2.48. The highest BCUT2D eigenvalue weighted by Gasteiger charge is 2.21. The fourth-order valence-corrected chi connectivity index (χ4v) is 3.58. The Labute approximate surface area is 167 Å². The van der Waals surface area contributed by atoms with Crippen LogP contribution < -0.4 is 10.2 Å². The van der Waals surface area contributed by atoms with Crippen LogP contribution in [0.5, 0.6) is 0 Å². The van der Waals surface area contributed by atoms with Gasteiger partial charge in [0.1, 0.15) is 17.3 Å². The molecule has 2 N–H and O–H groups in total. The number of carbonyl (C=O) groups excluding carboxylic acids is 2. The standard InChI is InChI=1S/C21H22FN5O2/c1-14(28)26-7-9-27(10-8-26)20-15(3-2-6-23-20)13-24-21(29)19-12-16-11-17(22)4-5-18(16)25-19/h2-6,11-12,25H,7-10,13H2,1H3,(H,24,29). The van der Waals surface area contributed by atoms with Gasteiger partial charge in [-0.15, -0.1) is 0 Å². The molecule has 1 aromatic carbocycles. The van der Waals surface area contributed by atoms with E-state index in [0.717, 1.165) is 11.4 Å². The third-order valence-corrected chi connectivity index (χ3v) is 5.16. The Morgan fingerprint density at radius 3 is 2.72 bits per heavy atom. The zero-order chi connectivity index (χ0) is 20.4. The van der Waals surface area contributed by atoms with E-state index < -0.39 is 0 Å². The molecule has 1 aliphatic heterocycles. The number of amides is 2. The molecular formula is C21H22FN5O2. The molecule has 0 spiro atoms. The molecule has 0 unspecified atom stereocenters. The second-order valence-corrected chi connectivity index (χ2v) is 7.08. The lowest BCUT2D eigenvalue weighted by Gasteiger charge is -2.35. The van der Waals surface area contributed by atoms with E-state index in [-0.39, 0.29) is 17.6 Å². The summed E-state index contributed by atoms with van der Waals surface area (Å²) in [7, 11) is 0. The van der Waals surface area contributed by atoms with Crippen LogP contribution in [0.25, 0.3) is 10.9 Å². The number of benzene rings is 1. The number of fused-ring (bicyclic) bond motifs is 1. The number of nitrogens with zero attached hydrogens (tertiary/aromatic N) is 3. The van der Waals surface area contributed by atoms with Crippen LogP contribution in [-0.2, 0) is 11.3 Å². The van der Waals surface area contributed by atoms with Crippen molar-refractivity contribution in [3.63, 3.8) is 0 Å². The van der Waals surface area contributed by atoms with Crippen LogP contribution in [0.2, 0.25) is 0 Å². The zero-order valence-corrected chi connectivity index (χ0v) is 16.1. The van der Waals surface area contributed by atoms with E-state index in [1.54, 1.807) is 25.3 Å². The molecule has 0 saturated carbocycles. The van der Waals surface area contributed by atoms with Crippen molar-refractivity contribution in [2.24, 2.45) is 0 Å². The molecule has 29 heavy (non-hydrogen) atoms. The van der Waals surface area contributed by atoms with Crippen molar-refractivity contribution in [1.82, 2.24) is 20.2 Å². The number of anilines is 1. The summed E-state index contributed by atoms with van der Waals surface area (Å²) >= 11 is 0. The van der Waals surface area contributed by atoms with Gasteiger partial charge >= 0.3 is 0 Å². The van der Waals surface area contributed by atoms with Gasteiger partial charge in [-0.3, -0.25) is 9.59 Å². The van der Waals surface area contributed by atoms with Gasteiger partial charge < -0.3 is 20.1 Å². The van der Waals surface area contributed by atoms with Gasteiger partial charge in [-0.25, -0.2) is 9.37 Å². The van der Waals surface area contributed by atoms with Crippen molar-refractivity contribution in [3.05, 3.63) is 59.7 Å². The SMILES string of the molecule is CC(=O)N1CCN(c2ncccc2CNC(=O)c2cc3cc(F)ccc3[nH]2)CC1. The van der Waals surface area contributed by atoms with E-state index in [0.29, 0.717) is 49.3 Å². The molecule has 2 amide bonds. The maximum atomic E-state index is 13.4. The Kier molecular flexibility index (Phi) is 5.16. The second-order valence-electron chi connectivity index (χ2n) is 7.08. The summed E-state index contributed by atoms with van der Waals surface area (Å²) in [5, 5.41) is 3.56. The Hall–Kier alpha value is -3.42. The van der Waals surface area contributed by atoms with Gasteiger partial charge in [-0.05, 0) is 30.3 Å². The molecule has 1 saturated heterocycles. The third kappa shape index (κ3) is 4.06. The number of H-pyrrole nitrogens is 1. The minimum Gasteiger partial charge on any atom is -0.353 e. The van der Waals surface area contributed by atoms with Crippen molar-refractivity contribution >= 4 is 28.5 Å². The number of hydrogen-bond donors (Lipinski definition) is 2. The zero-order valence-electron chi connectivity index (χ0n) is 16.1. The number of piperazine rings is 1. The van der Waals surface area contributed by atoms with Crippen LogP contribution in [0.3, 0.4) is 0 Å². The van der Waals surface area contributed by atoms with E-state index >= 15 is 0 Å². The molecule has 8 heteroatoms. The summed E-state index contributed by atoms with van der Waals surface area (Å²) in [5.74, 6) is 0.289. The minimum absolute atomic E-state index is 0.0800. The number of aromatic amines is 1. The molecule has 150 valence electrons. The number of halogens is 1. The molecule has 3 heterocycles. The van der Waals surface area contributed by atoms with E-state index in [4.69, 9.17) is 0 Å². The van der Waals surface area contributed by atoms with Crippen LogP contribution in [0.1, 0.15) is 23.0 Å². The summed E-state index contributed by atoms with van der Waals surface area (Å²) in [6.07, 6.45) is 1.73. The average Bonchev–Trinajstić information content (AvgIpc) is 3.15. The average molecular weight is 395 g/mol. The molecule has 1 fully saturated rings. The minimum atomic E-state index is -0.340. The molecule has 3 aromatic rings. The maximum Gasteiger partial charge on any atom is 0.267 e. The van der Waals surface area contributed by atoms with Crippen molar-refractivity contribution in [2.45, 2.75) is 13.5 Å². The summed E-state index contributed by atoms with van der Waals surface area (Å²) in [5.41, 5.74) is 1.99. The van der Waals surface area contributed by atoms with Crippen LogP contribution >= 0.6 is 0 Å². The first-order valence-corrected chi connectivity index (χ1v) is 9.52. The van der Waals surface area contributed by atoms with Gasteiger partial charge in [-0.1, -0.05) is 6.07 Å². The van der Waals surface area contributed by atoms with Crippen molar-refractivity contribution in [2.75, 3.05) is 31.1 Å². The monoisotopic (exact) mass is 395 g/mol. The number of nitrogens with one attached hydrogen (secondary N) is 2. The van der Waals surface area contributed by atoms with E-state index in [9.17, 15) is 14.0 Å². The molecule has 4 rings (SSSR count). The van der Waals surface area contributed by atoms with Crippen molar-refractivity contribution in [1.29, 1.82) is 0 Å². The van der Waals surface area contributed by atoms with Gasteiger partial charge in [-0.2, -0.15) is 0 Å². The quantitative estimate of drug-likeness (QED) is 0.710. The smallest absolute Gasteiger partial charge is 0.267 e. The first kappa shape index (κ1) is 18.9. The Morgan fingerprint density at radius 2 is 1.97 bits per heavy atom. The van der Waals surface area contributed by atoms with E-state index in [1.165, 1.54) is 12.1 Å². The van der Waals surface area contributed by atoms with Crippen molar-refractivity contribution < 1.29 is 14.0 Å². The van der Waals surface area contributed by atoms with Crippen LogP contribution in [0.15, 0.2) is 42.6 Å². The number of hydrogen-bond acceptors (Lipinski definition) is 4. The number of pyridine rings is 1. The van der Waals surface area contributed by atoms with Gasteiger partial charge in [0.05, 0.1) is 0 Å². The predicted molar refractivity (Wildman–Crippen MR) is 108 cm³/mol. The Balaban J connectivity index is 1.44. The number of rotatable bonds is 4. The lowest BCUT2D eigenvalue weighted by atomic mass is 10.2. The van der Waals surface area contributed by atoms with Gasteiger partial charge in [0.2, 0.25) is 5.91 Å². The van der Waals surface area contributed by atoms with Gasteiger partial charge in [0, 0.05) is 62.3 Å². The molecule has 2 aromatic heterocycles. The Morgan fingerprint density at radius 1 is 1.17 bits per heavy atom. The summed E-state index contributed by atoms with van der Waals surface area (Å²) in [6, 6.07) is 9.76. The number of carbonyl (C=O) groups is 2. The highest BCUT2D eigenvalue weighted by Crippen LogP contribution is 2.20. The first-order chi connectivity index (χ1) is 14.0. The van der Waals surface area contributed by atoms with E-state index in [1.807, 2.05) is 17.0 Å². The first-order valence-electron chi connectivity index (χ1n) is 9.52. The maximum absolute atomic E-state index is 13.4. The number of aromatic nitrogens is 2. The van der Waals surface area contributed by atoms with Gasteiger partial charge in [0.25, 0.3) is 5.91 Å². The molecule has 0 radical (unpaired) electrons. The molecular weight excluding hydrogens is 373 g/mol. The topological polar surface area (TPSA) is 81.3 Å². The highest BCUT2D eigenvalue weighted by molar-refractivity contribution is 5.98. The highest BCUT2D eigenvalue weighted by atomic mass is 19.1. The summed E-state index contributed by atoms with van der Waals surface area (Å²) < 4.78 is 13.4. The van der Waals surface area contributed by atoms with Crippen LogP contribution in [0, 0.1) is 5.82 Å². The fourth-order valence-electron chi connectivity index (χ4n) is 3.58.